The van der Waals surface area contributed by atoms with Crippen molar-refractivity contribution in [1.82, 2.24) is 0 Å². The molecule has 1 aromatic carbocycles. The normalized spacial score (nSPS) is 20.4. The lowest BCUT2D eigenvalue weighted by Gasteiger charge is -2.33. The van der Waals surface area contributed by atoms with Crippen LogP contribution >= 0.6 is 12.4 Å². The lowest BCUT2D eigenvalue weighted by molar-refractivity contribution is -0.102. The van der Waals surface area contributed by atoms with Crippen molar-refractivity contribution < 1.29 is 15.0 Å². The summed E-state index contributed by atoms with van der Waals surface area (Å²) >= 11 is 0. The molecule has 0 spiro atoms. The molecule has 4 N–H and O–H groups in total. The quantitative estimate of drug-likeness (QED) is 0.579. The highest BCUT2D eigenvalue weighted by molar-refractivity contribution is 5.85. The van der Waals surface area contributed by atoms with E-state index in [9.17, 15) is 15.0 Å². The molecule has 1 aromatic rings. The van der Waals surface area contributed by atoms with Gasteiger partial charge in [0.2, 0.25) is 0 Å². The zero-order chi connectivity index (χ0) is 13.2. The van der Waals surface area contributed by atoms with E-state index < -0.39 is 11.8 Å². The van der Waals surface area contributed by atoms with Gasteiger partial charge in [0.15, 0.2) is 5.72 Å². The Morgan fingerprint density at radius 2 is 1.79 bits per heavy atom. The second-order valence-electron chi connectivity index (χ2n) is 5.05. The number of aldehydes is 1. The fraction of sp³-hybridized carbons (Fsp3) is 0.500. The largest absolute Gasteiger partial charge is 0.388 e. The van der Waals surface area contributed by atoms with Gasteiger partial charge in [-0.3, -0.25) is 10.5 Å². The van der Waals surface area contributed by atoms with Crippen LogP contribution in [0.1, 0.15) is 41.6 Å². The molecule has 0 amide bonds. The molecule has 0 aromatic heterocycles. The van der Waals surface area contributed by atoms with Gasteiger partial charge in [0.05, 0.1) is 0 Å². The average Bonchev–Trinajstić information content (AvgIpc) is 2.91. The predicted octanol–water partition coefficient (Wildman–Crippen LogP) is 1.58. The second kappa shape index (κ2) is 6.48. The van der Waals surface area contributed by atoms with Gasteiger partial charge in [0.25, 0.3) is 0 Å². The summed E-state index contributed by atoms with van der Waals surface area (Å²) < 4.78 is 0. The van der Waals surface area contributed by atoms with Crippen molar-refractivity contribution >= 4 is 18.7 Å². The molecule has 2 atom stereocenters. The van der Waals surface area contributed by atoms with E-state index in [0.29, 0.717) is 11.1 Å². The second-order valence-corrected chi connectivity index (χ2v) is 5.05. The fourth-order valence-corrected chi connectivity index (χ4v) is 2.63. The van der Waals surface area contributed by atoms with Crippen LogP contribution < -0.4 is 5.73 Å². The van der Waals surface area contributed by atoms with E-state index in [1.165, 1.54) is 0 Å². The number of rotatable bonds is 4. The Labute approximate surface area is 119 Å². The number of aliphatic hydroxyl groups is 2. The third-order valence-electron chi connectivity index (χ3n) is 3.81. The van der Waals surface area contributed by atoms with E-state index >= 15 is 0 Å². The summed E-state index contributed by atoms with van der Waals surface area (Å²) in [6.45, 7) is 0. The summed E-state index contributed by atoms with van der Waals surface area (Å²) in [4.78, 5) is 10.6. The lowest BCUT2D eigenvalue weighted by Crippen LogP contribution is -2.50. The van der Waals surface area contributed by atoms with Gasteiger partial charge in [0.1, 0.15) is 12.4 Å². The van der Waals surface area contributed by atoms with E-state index in [4.69, 9.17) is 5.73 Å². The highest BCUT2D eigenvalue weighted by Gasteiger charge is 2.39. The minimum atomic E-state index is -1.75. The zero-order valence-corrected chi connectivity index (χ0v) is 11.5. The van der Waals surface area contributed by atoms with Crippen LogP contribution in [0.25, 0.3) is 0 Å². The van der Waals surface area contributed by atoms with E-state index in [1.54, 1.807) is 24.3 Å². The first-order valence-electron chi connectivity index (χ1n) is 6.30. The summed E-state index contributed by atoms with van der Waals surface area (Å²) in [6, 6.07) is 6.34. The summed E-state index contributed by atoms with van der Waals surface area (Å²) in [5.74, 6) is 0.0470. The monoisotopic (exact) mass is 285 g/mol. The van der Waals surface area contributed by atoms with Gasteiger partial charge >= 0.3 is 0 Å². The molecule has 0 aliphatic heterocycles. The number of benzene rings is 1. The van der Waals surface area contributed by atoms with Gasteiger partial charge in [0, 0.05) is 11.1 Å². The third-order valence-corrected chi connectivity index (χ3v) is 3.81. The van der Waals surface area contributed by atoms with E-state index in [-0.39, 0.29) is 18.3 Å². The molecule has 1 saturated carbocycles. The molecule has 2 rings (SSSR count). The molecule has 0 saturated heterocycles. The molecule has 0 unspecified atom stereocenters. The first-order valence-corrected chi connectivity index (χ1v) is 6.30. The summed E-state index contributed by atoms with van der Waals surface area (Å²) in [6.07, 6.45) is 3.69. The third kappa shape index (κ3) is 3.34. The smallest absolute Gasteiger partial charge is 0.166 e. The van der Waals surface area contributed by atoms with Crippen LogP contribution in [0.5, 0.6) is 0 Å². The van der Waals surface area contributed by atoms with E-state index in [1.807, 2.05) is 0 Å². The standard InChI is InChI=1S/C14H19NO3.ClH/c15-14(18,13(17)11-3-1-2-4-11)12-7-5-10(9-16)6-8-12;/h5-9,11,13,17-18H,1-4,15H2;1H/t13-,14-;/m1./s1. The van der Waals surface area contributed by atoms with E-state index in [0.717, 1.165) is 32.0 Å². The Hall–Kier alpha value is -0.940. The fourth-order valence-electron chi connectivity index (χ4n) is 2.63. The molecular formula is C14H20ClNO3. The number of halogens is 1. The van der Waals surface area contributed by atoms with Crippen LogP contribution in [-0.2, 0) is 5.72 Å². The molecule has 1 aliphatic carbocycles. The van der Waals surface area contributed by atoms with Gasteiger partial charge in [-0.15, -0.1) is 12.4 Å². The Morgan fingerprint density at radius 1 is 1.26 bits per heavy atom. The molecule has 0 heterocycles. The van der Waals surface area contributed by atoms with Gasteiger partial charge in [-0.2, -0.15) is 0 Å². The van der Waals surface area contributed by atoms with Crippen molar-refractivity contribution in [2.75, 3.05) is 0 Å². The van der Waals surface area contributed by atoms with Crippen LogP contribution in [-0.4, -0.2) is 22.6 Å². The van der Waals surface area contributed by atoms with Crippen LogP contribution in [0, 0.1) is 5.92 Å². The van der Waals surface area contributed by atoms with Gasteiger partial charge in [-0.1, -0.05) is 37.1 Å². The number of carbonyl (C=O) groups excluding carboxylic acids is 1. The molecule has 0 radical (unpaired) electrons. The SMILES string of the molecule is Cl.N[C@@](O)(c1ccc(C=O)cc1)[C@H](O)C1CCCC1. The lowest BCUT2D eigenvalue weighted by atomic mass is 9.87. The Bertz CT molecular complexity index is 413. The maximum absolute atomic E-state index is 10.6. The molecule has 1 fully saturated rings. The summed E-state index contributed by atoms with van der Waals surface area (Å²) in [5, 5.41) is 20.5. The zero-order valence-electron chi connectivity index (χ0n) is 10.7. The molecule has 19 heavy (non-hydrogen) atoms. The maximum Gasteiger partial charge on any atom is 0.166 e. The van der Waals surface area contributed by atoms with Crippen LogP contribution in [0.4, 0.5) is 0 Å². The number of hydrogen-bond donors (Lipinski definition) is 3. The number of hydrogen-bond acceptors (Lipinski definition) is 4. The highest BCUT2D eigenvalue weighted by atomic mass is 35.5. The van der Waals surface area contributed by atoms with Crippen molar-refractivity contribution in [3.8, 4) is 0 Å². The number of nitrogens with two attached hydrogens (primary N) is 1. The summed E-state index contributed by atoms with van der Waals surface area (Å²) in [7, 11) is 0. The molecule has 5 heteroatoms. The van der Waals surface area contributed by atoms with Crippen molar-refractivity contribution in [2.45, 2.75) is 37.5 Å². The first-order chi connectivity index (χ1) is 8.55. The summed E-state index contributed by atoms with van der Waals surface area (Å²) in [5.41, 5.74) is 5.07. The molecular weight excluding hydrogens is 266 g/mol. The Morgan fingerprint density at radius 3 is 2.26 bits per heavy atom. The van der Waals surface area contributed by atoms with Crippen molar-refractivity contribution in [1.29, 1.82) is 0 Å². The molecule has 106 valence electrons. The minimum absolute atomic E-state index is 0. The van der Waals surface area contributed by atoms with Crippen molar-refractivity contribution in [3.63, 3.8) is 0 Å². The molecule has 4 nitrogen and oxygen atoms in total. The Balaban J connectivity index is 0.00000180. The minimum Gasteiger partial charge on any atom is -0.388 e. The van der Waals surface area contributed by atoms with Gasteiger partial charge < -0.3 is 10.2 Å². The Kier molecular flexibility index (Phi) is 5.50. The predicted molar refractivity (Wildman–Crippen MR) is 75.1 cm³/mol. The van der Waals surface area contributed by atoms with Crippen LogP contribution in [0.3, 0.4) is 0 Å². The molecule has 0 bridgehead atoms. The maximum atomic E-state index is 10.6. The average molecular weight is 286 g/mol. The highest BCUT2D eigenvalue weighted by Crippen LogP contribution is 2.34. The number of carbonyl (C=O) groups is 1. The van der Waals surface area contributed by atoms with Crippen molar-refractivity contribution in [3.05, 3.63) is 35.4 Å². The molecule has 1 aliphatic rings. The van der Waals surface area contributed by atoms with Gasteiger partial charge in [-0.05, 0) is 18.8 Å². The van der Waals surface area contributed by atoms with Crippen LogP contribution in [0.2, 0.25) is 0 Å². The van der Waals surface area contributed by atoms with Crippen LogP contribution in [0.15, 0.2) is 24.3 Å². The van der Waals surface area contributed by atoms with E-state index in [2.05, 4.69) is 0 Å². The topological polar surface area (TPSA) is 83.5 Å². The van der Waals surface area contributed by atoms with Gasteiger partial charge in [-0.25, -0.2) is 0 Å². The van der Waals surface area contributed by atoms with Crippen molar-refractivity contribution in [2.24, 2.45) is 11.7 Å². The number of aliphatic hydroxyl groups excluding tert-OH is 1. The first kappa shape index (κ1) is 16.1.